The molecule has 0 radical (unpaired) electrons. The lowest BCUT2D eigenvalue weighted by Crippen LogP contribution is -3.00. The predicted molar refractivity (Wildman–Crippen MR) is 89.6 cm³/mol. The highest BCUT2D eigenvalue weighted by Crippen LogP contribution is 2.34. The van der Waals surface area contributed by atoms with Crippen molar-refractivity contribution in [3.63, 3.8) is 0 Å². The highest BCUT2D eigenvalue weighted by Gasteiger charge is 2.11. The van der Waals surface area contributed by atoms with E-state index in [9.17, 15) is 0 Å². The maximum absolute atomic E-state index is 5.43. The Labute approximate surface area is 149 Å². The van der Waals surface area contributed by atoms with Crippen LogP contribution in [0.2, 0.25) is 0 Å². The van der Waals surface area contributed by atoms with Crippen LogP contribution in [0.25, 0.3) is 0 Å². The van der Waals surface area contributed by atoms with Crippen molar-refractivity contribution in [2.75, 3.05) is 28.4 Å². The van der Waals surface area contributed by atoms with Gasteiger partial charge < -0.3 is 36.7 Å². The maximum Gasteiger partial charge on any atom is 0.164 e. The molecule has 0 aliphatic heterocycles. The van der Waals surface area contributed by atoms with E-state index in [-0.39, 0.29) is 12.4 Å². The summed E-state index contributed by atoms with van der Waals surface area (Å²) in [5.41, 5.74) is 2.20. The largest absolute Gasteiger partial charge is 1.00 e. The van der Waals surface area contributed by atoms with Crippen LogP contribution < -0.4 is 36.7 Å². The zero-order valence-electron chi connectivity index (χ0n) is 14.4. The number of rotatable bonds is 8. The van der Waals surface area contributed by atoms with Crippen molar-refractivity contribution in [3.8, 4) is 23.0 Å². The molecule has 5 nitrogen and oxygen atoms in total. The molecule has 2 aromatic rings. The molecule has 0 aliphatic carbocycles. The van der Waals surface area contributed by atoms with Crippen LogP contribution in [-0.4, -0.2) is 28.4 Å². The number of nitrogens with one attached hydrogen (secondary N) is 1. The SMILES string of the molecule is COc1ccc(CNCc2cc(OC)c(OC)cc2OC)cc1.[Cl-]. The molecule has 2 rings (SSSR count). The molecule has 0 spiro atoms. The second kappa shape index (κ2) is 9.90. The number of methoxy groups -OCH3 is 4. The van der Waals surface area contributed by atoms with Crippen molar-refractivity contribution in [1.82, 2.24) is 5.32 Å². The Morgan fingerprint density at radius 1 is 0.708 bits per heavy atom. The van der Waals surface area contributed by atoms with Crippen LogP contribution >= 0.6 is 0 Å². The zero-order valence-corrected chi connectivity index (χ0v) is 15.1. The van der Waals surface area contributed by atoms with Gasteiger partial charge in [-0.2, -0.15) is 0 Å². The van der Waals surface area contributed by atoms with E-state index in [1.807, 2.05) is 36.4 Å². The molecule has 1 N–H and O–H groups in total. The van der Waals surface area contributed by atoms with E-state index in [0.717, 1.165) is 23.6 Å². The third-order valence-electron chi connectivity index (χ3n) is 3.59. The molecule has 2 aromatic carbocycles. The quantitative estimate of drug-likeness (QED) is 0.725. The summed E-state index contributed by atoms with van der Waals surface area (Å²) in [6.07, 6.45) is 0. The van der Waals surface area contributed by atoms with Crippen molar-refractivity contribution in [3.05, 3.63) is 47.5 Å². The van der Waals surface area contributed by atoms with Gasteiger partial charge in [0, 0.05) is 24.7 Å². The van der Waals surface area contributed by atoms with Crippen LogP contribution in [0, 0.1) is 0 Å². The predicted octanol–water partition coefficient (Wildman–Crippen LogP) is 0.0148. The smallest absolute Gasteiger partial charge is 0.164 e. The summed E-state index contributed by atoms with van der Waals surface area (Å²) in [5, 5.41) is 3.40. The van der Waals surface area contributed by atoms with Crippen LogP contribution in [0.5, 0.6) is 23.0 Å². The standard InChI is InChI=1S/C18H23NO4.ClH/c1-20-15-7-5-13(6-8-15)11-19-12-14-9-17(22-3)18(23-4)10-16(14)21-2;/h5-10,19H,11-12H2,1-4H3;1H/p-1. The second-order valence-electron chi connectivity index (χ2n) is 4.97. The van der Waals surface area contributed by atoms with Crippen LogP contribution in [0.4, 0.5) is 0 Å². The van der Waals surface area contributed by atoms with Crippen molar-refractivity contribution in [1.29, 1.82) is 0 Å². The minimum absolute atomic E-state index is 0. The lowest BCUT2D eigenvalue weighted by molar-refractivity contribution is -0.00000591. The summed E-state index contributed by atoms with van der Waals surface area (Å²) in [7, 11) is 6.54. The van der Waals surface area contributed by atoms with E-state index < -0.39 is 0 Å². The first kappa shape index (κ1) is 19.9. The maximum atomic E-state index is 5.43. The molecule has 0 saturated carbocycles. The highest BCUT2D eigenvalue weighted by molar-refractivity contribution is 5.50. The van der Waals surface area contributed by atoms with Crippen LogP contribution in [0.1, 0.15) is 11.1 Å². The Kier molecular flexibility index (Phi) is 8.22. The van der Waals surface area contributed by atoms with E-state index in [2.05, 4.69) is 5.32 Å². The van der Waals surface area contributed by atoms with Gasteiger partial charge in [0.15, 0.2) is 11.5 Å². The summed E-state index contributed by atoms with van der Waals surface area (Å²) >= 11 is 0. The number of hydrogen-bond acceptors (Lipinski definition) is 5. The molecule has 0 unspecified atom stereocenters. The molecule has 0 fully saturated rings. The number of benzene rings is 2. The average molecular weight is 353 g/mol. The highest BCUT2D eigenvalue weighted by atomic mass is 35.5. The molecule has 0 aliphatic rings. The van der Waals surface area contributed by atoms with Crippen LogP contribution in [0.15, 0.2) is 36.4 Å². The summed E-state index contributed by atoms with van der Waals surface area (Å²) < 4.78 is 21.2. The molecule has 0 aromatic heterocycles. The van der Waals surface area contributed by atoms with Crippen molar-refractivity contribution in [2.24, 2.45) is 0 Å². The van der Waals surface area contributed by atoms with Gasteiger partial charge in [0.25, 0.3) is 0 Å². The monoisotopic (exact) mass is 352 g/mol. The molecule has 0 amide bonds. The van der Waals surface area contributed by atoms with Gasteiger partial charge in [-0.1, -0.05) is 12.1 Å². The summed E-state index contributed by atoms with van der Waals surface area (Å²) in [4.78, 5) is 0. The van der Waals surface area contributed by atoms with E-state index in [1.165, 1.54) is 5.56 Å². The first-order valence-corrected chi connectivity index (χ1v) is 7.34. The number of ether oxygens (including phenoxy) is 4. The second-order valence-corrected chi connectivity index (χ2v) is 4.97. The Morgan fingerprint density at radius 3 is 1.83 bits per heavy atom. The lowest BCUT2D eigenvalue weighted by atomic mass is 10.1. The Hall–Kier alpha value is -2.11. The first-order chi connectivity index (χ1) is 11.2. The van der Waals surface area contributed by atoms with Gasteiger partial charge in [-0.05, 0) is 23.8 Å². The van der Waals surface area contributed by atoms with Gasteiger partial charge in [-0.25, -0.2) is 0 Å². The summed E-state index contributed by atoms with van der Waals surface area (Å²) in [5.74, 6) is 2.97. The van der Waals surface area contributed by atoms with Crippen molar-refractivity contribution < 1.29 is 31.4 Å². The molecule has 6 heteroatoms. The normalized spacial score (nSPS) is 9.83. The lowest BCUT2D eigenvalue weighted by Gasteiger charge is -2.14. The number of hydrogen-bond donors (Lipinski definition) is 1. The fourth-order valence-corrected chi connectivity index (χ4v) is 2.32. The van der Waals surface area contributed by atoms with E-state index >= 15 is 0 Å². The minimum Gasteiger partial charge on any atom is -1.00 e. The van der Waals surface area contributed by atoms with Crippen LogP contribution in [0.3, 0.4) is 0 Å². The van der Waals surface area contributed by atoms with Gasteiger partial charge >= 0.3 is 0 Å². The molecule has 132 valence electrons. The Balaban J connectivity index is 0.00000288. The van der Waals surface area contributed by atoms with Gasteiger partial charge in [0.2, 0.25) is 0 Å². The topological polar surface area (TPSA) is 49.0 Å². The van der Waals surface area contributed by atoms with E-state index in [0.29, 0.717) is 18.0 Å². The van der Waals surface area contributed by atoms with Gasteiger partial charge in [0.05, 0.1) is 28.4 Å². The minimum atomic E-state index is 0. The molecular weight excluding hydrogens is 330 g/mol. The molecule has 0 atom stereocenters. The van der Waals surface area contributed by atoms with Crippen molar-refractivity contribution in [2.45, 2.75) is 13.1 Å². The Bertz CT molecular complexity index is 632. The van der Waals surface area contributed by atoms with Gasteiger partial charge in [0.1, 0.15) is 11.5 Å². The van der Waals surface area contributed by atoms with E-state index in [1.54, 1.807) is 28.4 Å². The van der Waals surface area contributed by atoms with Crippen LogP contribution in [-0.2, 0) is 13.1 Å². The third kappa shape index (κ3) is 4.94. The zero-order chi connectivity index (χ0) is 16.7. The third-order valence-corrected chi connectivity index (χ3v) is 3.59. The summed E-state index contributed by atoms with van der Waals surface area (Å²) in [6, 6.07) is 11.7. The van der Waals surface area contributed by atoms with Gasteiger partial charge in [-0.3, -0.25) is 0 Å². The van der Waals surface area contributed by atoms with E-state index in [4.69, 9.17) is 18.9 Å². The fourth-order valence-electron chi connectivity index (χ4n) is 2.32. The number of halogens is 1. The van der Waals surface area contributed by atoms with Gasteiger partial charge in [-0.15, -0.1) is 0 Å². The first-order valence-electron chi connectivity index (χ1n) is 7.34. The molecule has 24 heavy (non-hydrogen) atoms. The Morgan fingerprint density at radius 2 is 1.29 bits per heavy atom. The molecule has 0 bridgehead atoms. The molecule has 0 saturated heterocycles. The molecule has 0 heterocycles. The fraction of sp³-hybridized carbons (Fsp3) is 0.333. The summed E-state index contributed by atoms with van der Waals surface area (Å²) in [6.45, 7) is 1.41. The average Bonchev–Trinajstić information content (AvgIpc) is 2.61. The van der Waals surface area contributed by atoms with Crippen molar-refractivity contribution >= 4 is 0 Å². The molecular formula is C18H23ClNO4-.